The van der Waals surface area contributed by atoms with Gasteiger partial charge >= 0.3 is 0 Å². The summed E-state index contributed by atoms with van der Waals surface area (Å²) < 4.78 is 18.2. The molecule has 0 unspecified atom stereocenters. The Hall–Kier alpha value is -2.84. The lowest BCUT2D eigenvalue weighted by molar-refractivity contribution is 0.0985. The van der Waals surface area contributed by atoms with Gasteiger partial charge in [0.2, 0.25) is 0 Å². The van der Waals surface area contributed by atoms with E-state index in [1.165, 1.54) is 11.3 Å². The number of ether oxygens (including phenoxy) is 3. The van der Waals surface area contributed by atoms with Crippen molar-refractivity contribution in [1.82, 2.24) is 9.88 Å². The van der Waals surface area contributed by atoms with Crippen LogP contribution in [0.2, 0.25) is 0 Å². The van der Waals surface area contributed by atoms with Crippen LogP contribution >= 0.6 is 11.3 Å². The first-order valence-corrected chi connectivity index (χ1v) is 12.3. The van der Waals surface area contributed by atoms with Crippen LogP contribution in [0.25, 0.3) is 10.2 Å². The van der Waals surface area contributed by atoms with Gasteiger partial charge in [-0.2, -0.15) is 0 Å². The van der Waals surface area contributed by atoms with Crippen molar-refractivity contribution in [3.8, 4) is 17.2 Å². The highest BCUT2D eigenvalue weighted by atomic mass is 32.1. The van der Waals surface area contributed by atoms with Crippen LogP contribution < -0.4 is 19.1 Å². The number of aromatic nitrogens is 1. The van der Waals surface area contributed by atoms with Crippen molar-refractivity contribution in [2.45, 2.75) is 26.2 Å². The third-order valence-corrected chi connectivity index (χ3v) is 6.45. The lowest BCUT2D eigenvalue weighted by Crippen LogP contribution is -2.36. The summed E-state index contributed by atoms with van der Waals surface area (Å²) in [4.78, 5) is 22.1. The van der Waals surface area contributed by atoms with Crippen molar-refractivity contribution in [2.75, 3.05) is 51.9 Å². The number of thiazole rings is 1. The zero-order chi connectivity index (χ0) is 23.2. The summed E-state index contributed by atoms with van der Waals surface area (Å²) in [5.74, 6) is 2.13. The number of benzene rings is 2. The van der Waals surface area contributed by atoms with Crippen molar-refractivity contribution in [1.29, 1.82) is 0 Å². The molecule has 0 saturated heterocycles. The van der Waals surface area contributed by atoms with E-state index in [9.17, 15) is 4.79 Å². The number of amides is 1. The van der Waals surface area contributed by atoms with Crippen LogP contribution in [0.1, 0.15) is 36.5 Å². The van der Waals surface area contributed by atoms with E-state index in [1.54, 1.807) is 4.90 Å². The smallest absolute Gasteiger partial charge is 0.260 e. The maximum Gasteiger partial charge on any atom is 0.260 e. The maximum absolute atomic E-state index is 13.5. The van der Waals surface area contributed by atoms with Gasteiger partial charge in [-0.05, 0) is 44.8 Å². The molecule has 0 spiro atoms. The highest BCUT2D eigenvalue weighted by molar-refractivity contribution is 7.22. The van der Waals surface area contributed by atoms with E-state index in [-0.39, 0.29) is 5.91 Å². The molecule has 0 aliphatic carbocycles. The van der Waals surface area contributed by atoms with Crippen molar-refractivity contribution in [3.63, 3.8) is 0 Å². The Labute approximate surface area is 198 Å². The first kappa shape index (κ1) is 23.3. The van der Waals surface area contributed by atoms with Gasteiger partial charge in [-0.1, -0.05) is 31.1 Å². The molecule has 4 rings (SSSR count). The van der Waals surface area contributed by atoms with E-state index >= 15 is 0 Å². The van der Waals surface area contributed by atoms with Crippen LogP contribution in [0.15, 0.2) is 36.4 Å². The molecule has 1 aliphatic heterocycles. The fourth-order valence-electron chi connectivity index (χ4n) is 3.54. The van der Waals surface area contributed by atoms with Crippen molar-refractivity contribution < 1.29 is 19.0 Å². The second-order valence-electron chi connectivity index (χ2n) is 8.30. The van der Waals surface area contributed by atoms with Crippen LogP contribution in [-0.2, 0) is 0 Å². The van der Waals surface area contributed by atoms with Gasteiger partial charge in [0.25, 0.3) is 5.91 Å². The Kier molecular flexibility index (Phi) is 7.67. The second kappa shape index (κ2) is 10.9. The second-order valence-corrected chi connectivity index (χ2v) is 9.31. The summed E-state index contributed by atoms with van der Waals surface area (Å²) in [7, 11) is 3.99. The fraction of sp³-hybridized carbons (Fsp3) is 0.440. The average Bonchev–Trinajstić information content (AvgIpc) is 3.23. The quantitative estimate of drug-likeness (QED) is 0.396. The standard InChI is InChI=1S/C25H31N3O4S/c1-4-5-6-13-30-19-9-7-18(8-10-19)24(29)28(12-11-27(2)3)25-26-20-16-21-22(17-23(20)33-25)32-15-14-31-21/h7-10,16-17H,4-6,11-15H2,1-3H3. The van der Waals surface area contributed by atoms with Crippen molar-refractivity contribution >= 4 is 32.6 Å². The molecule has 0 saturated carbocycles. The lowest BCUT2D eigenvalue weighted by Gasteiger charge is -2.22. The molecule has 0 N–H and O–H groups in total. The van der Waals surface area contributed by atoms with E-state index in [0.717, 1.165) is 47.5 Å². The first-order chi connectivity index (χ1) is 16.0. The minimum absolute atomic E-state index is 0.0781. The number of fused-ring (bicyclic) bond motifs is 2. The molecule has 0 fully saturated rings. The molecule has 0 radical (unpaired) electrons. The fourth-order valence-corrected chi connectivity index (χ4v) is 4.54. The molecule has 8 heteroatoms. The molecule has 0 atom stereocenters. The number of hydrogen-bond donors (Lipinski definition) is 0. The number of likely N-dealkylation sites (N-methyl/N-ethyl adjacent to an activating group) is 1. The Morgan fingerprint density at radius 1 is 1.06 bits per heavy atom. The number of hydrogen-bond acceptors (Lipinski definition) is 7. The van der Waals surface area contributed by atoms with Gasteiger partial charge in [-0.15, -0.1) is 0 Å². The minimum atomic E-state index is -0.0781. The molecule has 3 aromatic rings. The molecular formula is C25H31N3O4S. The van der Waals surface area contributed by atoms with Gasteiger partial charge in [0.1, 0.15) is 19.0 Å². The largest absolute Gasteiger partial charge is 0.494 e. The number of carbonyl (C=O) groups excluding carboxylic acids is 1. The van der Waals surface area contributed by atoms with E-state index in [0.29, 0.717) is 42.8 Å². The zero-order valence-corrected chi connectivity index (χ0v) is 20.3. The molecule has 2 aromatic carbocycles. The SMILES string of the molecule is CCCCCOc1ccc(C(=O)N(CCN(C)C)c2nc3cc4c(cc3s2)OCCO4)cc1. The van der Waals surface area contributed by atoms with Gasteiger partial charge in [0.15, 0.2) is 16.6 Å². The first-order valence-electron chi connectivity index (χ1n) is 11.4. The number of nitrogens with zero attached hydrogens (tertiary/aromatic N) is 3. The molecule has 7 nitrogen and oxygen atoms in total. The lowest BCUT2D eigenvalue weighted by atomic mass is 10.2. The molecule has 1 amide bonds. The zero-order valence-electron chi connectivity index (χ0n) is 19.5. The predicted molar refractivity (Wildman–Crippen MR) is 132 cm³/mol. The summed E-state index contributed by atoms with van der Waals surface area (Å²) in [6.07, 6.45) is 3.35. The highest BCUT2D eigenvalue weighted by Gasteiger charge is 2.23. The highest BCUT2D eigenvalue weighted by Crippen LogP contribution is 2.39. The number of carbonyl (C=O) groups is 1. The topological polar surface area (TPSA) is 64.1 Å². The van der Waals surface area contributed by atoms with Crippen LogP contribution in [0.4, 0.5) is 5.13 Å². The predicted octanol–water partition coefficient (Wildman–Crippen LogP) is 4.84. The van der Waals surface area contributed by atoms with Crippen LogP contribution in [-0.4, -0.2) is 62.8 Å². The van der Waals surface area contributed by atoms with E-state index in [1.807, 2.05) is 50.5 Å². The molecular weight excluding hydrogens is 438 g/mol. The Morgan fingerprint density at radius 2 is 1.79 bits per heavy atom. The molecule has 0 bridgehead atoms. The Morgan fingerprint density at radius 3 is 2.48 bits per heavy atom. The van der Waals surface area contributed by atoms with Crippen LogP contribution in [0, 0.1) is 0 Å². The summed E-state index contributed by atoms with van der Waals surface area (Å²) in [5.41, 5.74) is 1.41. The Bertz CT molecular complexity index is 1040. The van der Waals surface area contributed by atoms with Crippen LogP contribution in [0.3, 0.4) is 0 Å². The monoisotopic (exact) mass is 469 g/mol. The van der Waals surface area contributed by atoms with Crippen LogP contribution in [0.5, 0.6) is 17.2 Å². The number of unbranched alkanes of at least 4 members (excludes halogenated alkanes) is 2. The normalized spacial score (nSPS) is 12.8. The molecule has 176 valence electrons. The molecule has 2 heterocycles. The summed E-state index contributed by atoms with van der Waals surface area (Å²) in [6.45, 7) is 5.19. The Balaban J connectivity index is 1.56. The van der Waals surface area contributed by atoms with Gasteiger partial charge in [0.05, 0.1) is 16.8 Å². The van der Waals surface area contributed by atoms with Crippen molar-refractivity contribution in [3.05, 3.63) is 42.0 Å². The van der Waals surface area contributed by atoms with Gasteiger partial charge in [-0.25, -0.2) is 4.98 Å². The maximum atomic E-state index is 13.5. The van der Waals surface area contributed by atoms with Crippen molar-refractivity contribution in [2.24, 2.45) is 0 Å². The van der Waals surface area contributed by atoms with E-state index in [2.05, 4.69) is 11.8 Å². The van der Waals surface area contributed by atoms with E-state index in [4.69, 9.17) is 19.2 Å². The van der Waals surface area contributed by atoms with E-state index < -0.39 is 0 Å². The number of anilines is 1. The molecule has 33 heavy (non-hydrogen) atoms. The summed E-state index contributed by atoms with van der Waals surface area (Å²) in [6, 6.07) is 11.2. The van der Waals surface area contributed by atoms with Gasteiger partial charge in [-0.3, -0.25) is 9.69 Å². The summed E-state index contributed by atoms with van der Waals surface area (Å²) >= 11 is 1.49. The summed E-state index contributed by atoms with van der Waals surface area (Å²) in [5, 5.41) is 0.666. The molecule has 1 aliphatic rings. The van der Waals surface area contributed by atoms with Gasteiger partial charge in [0, 0.05) is 30.8 Å². The minimum Gasteiger partial charge on any atom is -0.494 e. The van der Waals surface area contributed by atoms with Gasteiger partial charge < -0.3 is 19.1 Å². The third kappa shape index (κ3) is 5.75. The molecule has 1 aromatic heterocycles. The average molecular weight is 470 g/mol. The third-order valence-electron chi connectivity index (χ3n) is 5.41. The number of rotatable bonds is 10.